The highest BCUT2D eigenvalue weighted by atomic mass is 35.5. The molecule has 0 N–H and O–H groups in total. The average Bonchev–Trinajstić information content (AvgIpc) is 1.95. The Morgan fingerprint density at radius 3 is 2.25 bits per heavy atom. The molecule has 0 aromatic rings. The summed E-state index contributed by atoms with van der Waals surface area (Å²) in [5.41, 5.74) is 0. The van der Waals surface area contributed by atoms with Crippen molar-refractivity contribution >= 4 is 11.6 Å². The van der Waals surface area contributed by atoms with Crippen LogP contribution in [-0.4, -0.2) is 0 Å². The Hall–Kier alpha value is 0.0300. The van der Waals surface area contributed by atoms with Gasteiger partial charge in [-0.15, -0.1) is 0 Å². The summed E-state index contributed by atoms with van der Waals surface area (Å²) < 4.78 is 0. The molecule has 0 unspecified atom stereocenters. The Balaban J connectivity index is 2.96. The first kappa shape index (κ1) is 12.0. The maximum absolute atomic E-state index is 5.65. The molecule has 0 radical (unpaired) electrons. The lowest BCUT2D eigenvalue weighted by molar-refractivity contribution is 0.520. The van der Waals surface area contributed by atoms with Gasteiger partial charge >= 0.3 is 0 Å². The predicted molar refractivity (Wildman–Crippen MR) is 57.5 cm³/mol. The van der Waals surface area contributed by atoms with Crippen LogP contribution in [0.25, 0.3) is 0 Å². The van der Waals surface area contributed by atoms with Crippen LogP contribution >= 0.6 is 11.6 Å². The summed E-state index contributed by atoms with van der Waals surface area (Å²) in [5.74, 6) is 0.855. The number of hydrogen-bond donors (Lipinski definition) is 0. The van der Waals surface area contributed by atoms with Crippen molar-refractivity contribution in [1.82, 2.24) is 0 Å². The molecule has 0 aliphatic carbocycles. The molecule has 0 spiro atoms. The fourth-order valence-corrected chi connectivity index (χ4v) is 1.36. The van der Waals surface area contributed by atoms with Crippen molar-refractivity contribution in [2.75, 3.05) is 0 Å². The number of unbranched alkanes of at least 4 members (excludes halogenated alkanes) is 3. The summed E-state index contributed by atoms with van der Waals surface area (Å²) in [7, 11) is 0. The van der Waals surface area contributed by atoms with Gasteiger partial charge in [0.15, 0.2) is 0 Å². The van der Waals surface area contributed by atoms with Crippen molar-refractivity contribution in [2.45, 2.75) is 52.4 Å². The summed E-state index contributed by atoms with van der Waals surface area (Å²) in [5, 5.41) is 0.804. The van der Waals surface area contributed by atoms with Gasteiger partial charge in [0.1, 0.15) is 0 Å². The smallest absolute Gasteiger partial charge is 0.0109 e. The highest BCUT2D eigenvalue weighted by Crippen LogP contribution is 2.13. The maximum atomic E-state index is 5.65. The summed E-state index contributed by atoms with van der Waals surface area (Å²) in [4.78, 5) is 0. The molecule has 0 atom stereocenters. The zero-order valence-corrected chi connectivity index (χ0v) is 9.16. The van der Waals surface area contributed by atoms with E-state index in [0.717, 1.165) is 17.4 Å². The Labute approximate surface area is 82.0 Å². The molecule has 0 aromatic carbocycles. The summed E-state index contributed by atoms with van der Waals surface area (Å²) in [6.45, 7) is 8.22. The standard InChI is InChI=1S/C11H21Cl/c1-10(2)8-6-4-5-7-9-11(3)12/h10H,3-9H2,1-2H3. The van der Waals surface area contributed by atoms with Crippen molar-refractivity contribution < 1.29 is 0 Å². The van der Waals surface area contributed by atoms with Crippen molar-refractivity contribution in [3.05, 3.63) is 11.6 Å². The van der Waals surface area contributed by atoms with Crippen molar-refractivity contribution in [2.24, 2.45) is 5.92 Å². The first-order chi connectivity index (χ1) is 5.63. The first-order valence-electron chi connectivity index (χ1n) is 4.96. The van der Waals surface area contributed by atoms with Gasteiger partial charge in [-0.05, 0) is 18.8 Å². The normalized spacial score (nSPS) is 10.7. The Kier molecular flexibility index (Phi) is 7.69. The molecule has 0 aliphatic rings. The molecule has 1 heteroatoms. The second-order valence-electron chi connectivity index (χ2n) is 3.86. The van der Waals surface area contributed by atoms with Gasteiger partial charge in [0.25, 0.3) is 0 Å². The predicted octanol–water partition coefficient (Wildman–Crippen LogP) is 4.74. The van der Waals surface area contributed by atoms with Crippen LogP contribution in [0.4, 0.5) is 0 Å². The van der Waals surface area contributed by atoms with E-state index in [-0.39, 0.29) is 0 Å². The topological polar surface area (TPSA) is 0 Å². The molecule has 0 saturated heterocycles. The molecule has 0 rings (SSSR count). The highest BCUT2D eigenvalue weighted by molar-refractivity contribution is 6.29. The molecule has 12 heavy (non-hydrogen) atoms. The van der Waals surface area contributed by atoms with Crippen LogP contribution < -0.4 is 0 Å². The van der Waals surface area contributed by atoms with Crippen LogP contribution in [0, 0.1) is 5.92 Å². The second kappa shape index (κ2) is 7.67. The van der Waals surface area contributed by atoms with E-state index < -0.39 is 0 Å². The molecule has 0 bridgehead atoms. The van der Waals surface area contributed by atoms with Gasteiger partial charge < -0.3 is 0 Å². The lowest BCUT2D eigenvalue weighted by Crippen LogP contribution is -1.87. The minimum atomic E-state index is 0.804. The van der Waals surface area contributed by atoms with Gasteiger partial charge in [0.05, 0.1) is 0 Å². The molecular formula is C11H21Cl. The number of allylic oxidation sites excluding steroid dienone is 1. The number of halogens is 1. The molecule has 0 heterocycles. The molecular weight excluding hydrogens is 168 g/mol. The van der Waals surface area contributed by atoms with E-state index in [1.807, 2.05) is 0 Å². The molecule has 0 nitrogen and oxygen atoms in total. The molecule has 0 fully saturated rings. The highest BCUT2D eigenvalue weighted by Gasteiger charge is 1.94. The monoisotopic (exact) mass is 188 g/mol. The van der Waals surface area contributed by atoms with Gasteiger partial charge in [-0.25, -0.2) is 0 Å². The Morgan fingerprint density at radius 1 is 1.17 bits per heavy atom. The quantitative estimate of drug-likeness (QED) is 0.507. The summed E-state index contributed by atoms with van der Waals surface area (Å²) in [6.07, 6.45) is 7.58. The molecule has 72 valence electrons. The van der Waals surface area contributed by atoms with Crippen molar-refractivity contribution in [3.63, 3.8) is 0 Å². The fourth-order valence-electron chi connectivity index (χ4n) is 1.22. The molecule has 0 saturated carbocycles. The van der Waals surface area contributed by atoms with Crippen LogP contribution in [0.1, 0.15) is 52.4 Å². The summed E-state index contributed by atoms with van der Waals surface area (Å²) in [6, 6.07) is 0. The zero-order valence-electron chi connectivity index (χ0n) is 8.41. The third kappa shape index (κ3) is 10.0. The zero-order chi connectivity index (χ0) is 9.40. The van der Waals surface area contributed by atoms with E-state index in [4.69, 9.17) is 11.6 Å². The molecule has 0 aromatic heterocycles. The largest absolute Gasteiger partial charge is 0.0898 e. The van der Waals surface area contributed by atoms with E-state index in [1.165, 1.54) is 32.1 Å². The van der Waals surface area contributed by atoms with E-state index in [1.54, 1.807) is 0 Å². The average molecular weight is 189 g/mol. The Morgan fingerprint density at radius 2 is 1.75 bits per heavy atom. The SMILES string of the molecule is C=C(Cl)CCCCCCC(C)C. The lowest BCUT2D eigenvalue weighted by Gasteiger charge is -2.03. The number of rotatable bonds is 7. The first-order valence-corrected chi connectivity index (χ1v) is 5.34. The van der Waals surface area contributed by atoms with E-state index in [9.17, 15) is 0 Å². The second-order valence-corrected chi connectivity index (χ2v) is 4.40. The van der Waals surface area contributed by atoms with Crippen LogP contribution in [0.2, 0.25) is 0 Å². The van der Waals surface area contributed by atoms with Crippen LogP contribution in [0.3, 0.4) is 0 Å². The van der Waals surface area contributed by atoms with Crippen LogP contribution in [-0.2, 0) is 0 Å². The van der Waals surface area contributed by atoms with Crippen LogP contribution in [0.5, 0.6) is 0 Å². The summed E-state index contributed by atoms with van der Waals surface area (Å²) >= 11 is 5.65. The minimum absolute atomic E-state index is 0.804. The van der Waals surface area contributed by atoms with Crippen molar-refractivity contribution in [3.8, 4) is 0 Å². The van der Waals surface area contributed by atoms with E-state index in [2.05, 4.69) is 20.4 Å². The van der Waals surface area contributed by atoms with Gasteiger partial charge in [-0.2, -0.15) is 0 Å². The minimum Gasteiger partial charge on any atom is -0.0898 e. The molecule has 0 amide bonds. The van der Waals surface area contributed by atoms with E-state index in [0.29, 0.717) is 0 Å². The number of hydrogen-bond acceptors (Lipinski definition) is 0. The van der Waals surface area contributed by atoms with E-state index >= 15 is 0 Å². The fraction of sp³-hybridized carbons (Fsp3) is 0.818. The van der Waals surface area contributed by atoms with Gasteiger partial charge in [0.2, 0.25) is 0 Å². The van der Waals surface area contributed by atoms with Gasteiger partial charge in [-0.1, -0.05) is 57.7 Å². The van der Waals surface area contributed by atoms with Gasteiger partial charge in [0, 0.05) is 5.03 Å². The van der Waals surface area contributed by atoms with Gasteiger partial charge in [-0.3, -0.25) is 0 Å². The maximum Gasteiger partial charge on any atom is 0.0109 e. The van der Waals surface area contributed by atoms with Crippen molar-refractivity contribution in [1.29, 1.82) is 0 Å². The van der Waals surface area contributed by atoms with Crippen LogP contribution in [0.15, 0.2) is 11.6 Å². The third-order valence-corrected chi connectivity index (χ3v) is 2.17. The Bertz CT molecular complexity index is 116. The lowest BCUT2D eigenvalue weighted by atomic mass is 10.0. The third-order valence-electron chi connectivity index (χ3n) is 1.98. The molecule has 0 aliphatic heterocycles.